The molecule has 2 aromatic carbocycles. The summed E-state index contributed by atoms with van der Waals surface area (Å²) in [6, 6.07) is 18.9. The lowest BCUT2D eigenvalue weighted by Crippen LogP contribution is -2.09. The first kappa shape index (κ1) is 12.5. The van der Waals surface area contributed by atoms with Gasteiger partial charge in [0.25, 0.3) is 0 Å². The Balaban J connectivity index is 1.89. The van der Waals surface area contributed by atoms with E-state index in [4.69, 9.17) is 0 Å². The average molecular weight is 263 g/mol. The van der Waals surface area contributed by atoms with E-state index in [1.807, 2.05) is 31.3 Å². The van der Waals surface area contributed by atoms with Crippen LogP contribution in [0.5, 0.6) is 0 Å². The molecule has 3 aromatic rings. The van der Waals surface area contributed by atoms with Crippen LogP contribution in [0.3, 0.4) is 0 Å². The van der Waals surface area contributed by atoms with Crippen molar-refractivity contribution in [3.8, 4) is 22.4 Å². The number of rotatable bonds is 3. The number of hydrogen-bond donors (Lipinski definition) is 1. The summed E-state index contributed by atoms with van der Waals surface area (Å²) < 4.78 is 0. The zero-order valence-corrected chi connectivity index (χ0v) is 11.7. The van der Waals surface area contributed by atoms with Crippen LogP contribution < -0.4 is 4.90 Å². The molecule has 0 unspecified atom stereocenters. The topological polar surface area (TPSA) is 31.9 Å². The fourth-order valence-corrected chi connectivity index (χ4v) is 2.15. The molecule has 1 heterocycles. The number of aromatic amines is 1. The smallest absolute Gasteiger partial charge is 0.202 e. The van der Waals surface area contributed by atoms with Crippen LogP contribution in [0.4, 0.5) is 5.95 Å². The Morgan fingerprint density at radius 2 is 1.40 bits per heavy atom. The van der Waals surface area contributed by atoms with Crippen molar-refractivity contribution < 1.29 is 0 Å². The van der Waals surface area contributed by atoms with Crippen molar-refractivity contribution in [3.63, 3.8) is 0 Å². The van der Waals surface area contributed by atoms with E-state index < -0.39 is 0 Å². The summed E-state index contributed by atoms with van der Waals surface area (Å²) in [6.07, 6.45) is 1.94. The van der Waals surface area contributed by atoms with Gasteiger partial charge < -0.3 is 9.88 Å². The number of benzene rings is 2. The van der Waals surface area contributed by atoms with Crippen molar-refractivity contribution in [2.75, 3.05) is 19.0 Å². The number of H-pyrrole nitrogens is 1. The number of hydrogen-bond acceptors (Lipinski definition) is 2. The highest BCUT2D eigenvalue weighted by molar-refractivity contribution is 5.69. The van der Waals surface area contributed by atoms with E-state index >= 15 is 0 Å². The summed E-state index contributed by atoms with van der Waals surface area (Å²) in [5.74, 6) is 0.868. The van der Waals surface area contributed by atoms with Gasteiger partial charge in [-0.3, -0.25) is 0 Å². The van der Waals surface area contributed by atoms with Crippen LogP contribution >= 0.6 is 0 Å². The van der Waals surface area contributed by atoms with Crippen LogP contribution in [0, 0.1) is 0 Å². The van der Waals surface area contributed by atoms with Crippen LogP contribution in [-0.2, 0) is 0 Å². The molecule has 0 fully saturated rings. The fraction of sp³-hybridized carbons (Fsp3) is 0.118. The molecule has 0 aliphatic heterocycles. The number of nitrogens with zero attached hydrogens (tertiary/aromatic N) is 2. The maximum Gasteiger partial charge on any atom is 0.202 e. The third-order valence-corrected chi connectivity index (χ3v) is 3.28. The van der Waals surface area contributed by atoms with Crippen LogP contribution in [0.1, 0.15) is 0 Å². The molecular weight excluding hydrogens is 246 g/mol. The molecule has 3 nitrogen and oxygen atoms in total. The third-order valence-electron chi connectivity index (χ3n) is 3.28. The van der Waals surface area contributed by atoms with Gasteiger partial charge in [0.05, 0.1) is 5.69 Å². The second kappa shape index (κ2) is 5.21. The molecule has 0 spiro atoms. The lowest BCUT2D eigenvalue weighted by Gasteiger charge is -2.06. The van der Waals surface area contributed by atoms with E-state index in [1.165, 1.54) is 11.1 Å². The van der Waals surface area contributed by atoms with E-state index in [0.717, 1.165) is 17.2 Å². The molecule has 3 rings (SSSR count). The summed E-state index contributed by atoms with van der Waals surface area (Å²) in [4.78, 5) is 9.68. The van der Waals surface area contributed by atoms with Crippen LogP contribution in [-0.4, -0.2) is 24.1 Å². The average Bonchev–Trinajstić information content (AvgIpc) is 2.98. The van der Waals surface area contributed by atoms with E-state index in [2.05, 4.69) is 58.5 Å². The van der Waals surface area contributed by atoms with Crippen molar-refractivity contribution in [2.45, 2.75) is 0 Å². The molecule has 0 aliphatic rings. The predicted molar refractivity (Wildman–Crippen MR) is 83.8 cm³/mol. The molecule has 0 bridgehead atoms. The maximum absolute atomic E-state index is 4.55. The van der Waals surface area contributed by atoms with Gasteiger partial charge in [0.2, 0.25) is 5.95 Å². The molecular formula is C17H17N3. The van der Waals surface area contributed by atoms with Crippen molar-refractivity contribution >= 4 is 5.95 Å². The van der Waals surface area contributed by atoms with Gasteiger partial charge in [-0.25, -0.2) is 4.98 Å². The highest BCUT2D eigenvalue weighted by atomic mass is 15.2. The molecule has 100 valence electrons. The molecule has 1 N–H and O–H groups in total. The lowest BCUT2D eigenvalue weighted by molar-refractivity contribution is 1.04. The highest BCUT2D eigenvalue weighted by Crippen LogP contribution is 2.24. The van der Waals surface area contributed by atoms with Gasteiger partial charge in [-0.2, -0.15) is 0 Å². The monoisotopic (exact) mass is 263 g/mol. The Bertz CT molecular complexity index is 682. The molecule has 0 saturated heterocycles. The highest BCUT2D eigenvalue weighted by Gasteiger charge is 2.05. The molecule has 20 heavy (non-hydrogen) atoms. The Labute approximate surface area is 118 Å². The van der Waals surface area contributed by atoms with Gasteiger partial charge in [0, 0.05) is 25.9 Å². The van der Waals surface area contributed by atoms with Gasteiger partial charge in [0.1, 0.15) is 0 Å². The van der Waals surface area contributed by atoms with Crippen molar-refractivity contribution in [1.82, 2.24) is 9.97 Å². The maximum atomic E-state index is 4.55. The standard InChI is InChI=1S/C17H17N3/c1-20(2)17-18-12-16(19-17)15-10-8-14(9-11-15)13-6-4-3-5-7-13/h3-12H,1-2H3,(H,18,19). The van der Waals surface area contributed by atoms with Crippen LogP contribution in [0.15, 0.2) is 60.8 Å². The Morgan fingerprint density at radius 1 is 0.800 bits per heavy atom. The van der Waals surface area contributed by atoms with Gasteiger partial charge >= 0.3 is 0 Å². The van der Waals surface area contributed by atoms with Crippen LogP contribution in [0.2, 0.25) is 0 Å². The SMILES string of the molecule is CN(C)c1nc(-c2ccc(-c3ccccc3)cc2)c[nH]1. The molecule has 3 heteroatoms. The van der Waals surface area contributed by atoms with Crippen molar-refractivity contribution in [2.24, 2.45) is 0 Å². The Morgan fingerprint density at radius 3 is 2.00 bits per heavy atom. The van der Waals surface area contributed by atoms with Gasteiger partial charge in [0.15, 0.2) is 0 Å². The first-order chi connectivity index (χ1) is 9.74. The van der Waals surface area contributed by atoms with E-state index in [0.29, 0.717) is 0 Å². The molecule has 1 aromatic heterocycles. The lowest BCUT2D eigenvalue weighted by atomic mass is 10.0. The predicted octanol–water partition coefficient (Wildman–Crippen LogP) is 3.81. The van der Waals surface area contributed by atoms with Gasteiger partial charge in [-0.05, 0) is 11.1 Å². The quantitative estimate of drug-likeness (QED) is 0.779. The minimum Gasteiger partial charge on any atom is -0.349 e. The second-order valence-corrected chi connectivity index (χ2v) is 4.95. The summed E-state index contributed by atoms with van der Waals surface area (Å²) in [5.41, 5.74) is 4.54. The molecule has 0 aliphatic carbocycles. The van der Waals surface area contributed by atoms with Crippen LogP contribution in [0.25, 0.3) is 22.4 Å². The number of imidazole rings is 1. The van der Waals surface area contributed by atoms with Crippen molar-refractivity contribution in [1.29, 1.82) is 0 Å². The van der Waals surface area contributed by atoms with Crippen molar-refractivity contribution in [3.05, 3.63) is 60.8 Å². The van der Waals surface area contributed by atoms with Gasteiger partial charge in [-0.15, -0.1) is 0 Å². The Kier molecular flexibility index (Phi) is 3.25. The summed E-state index contributed by atoms with van der Waals surface area (Å²) in [6.45, 7) is 0. The largest absolute Gasteiger partial charge is 0.349 e. The number of aromatic nitrogens is 2. The van der Waals surface area contributed by atoms with Gasteiger partial charge in [-0.1, -0.05) is 54.6 Å². The zero-order chi connectivity index (χ0) is 13.9. The molecule has 0 saturated carbocycles. The second-order valence-electron chi connectivity index (χ2n) is 4.95. The normalized spacial score (nSPS) is 10.5. The van der Waals surface area contributed by atoms with E-state index in [9.17, 15) is 0 Å². The minimum absolute atomic E-state index is 0.868. The zero-order valence-electron chi connectivity index (χ0n) is 11.7. The van der Waals surface area contributed by atoms with E-state index in [-0.39, 0.29) is 0 Å². The number of anilines is 1. The molecule has 0 radical (unpaired) electrons. The number of nitrogens with one attached hydrogen (secondary N) is 1. The summed E-state index contributed by atoms with van der Waals surface area (Å²) in [7, 11) is 3.95. The molecule has 0 atom stereocenters. The first-order valence-corrected chi connectivity index (χ1v) is 6.62. The first-order valence-electron chi connectivity index (χ1n) is 6.62. The minimum atomic E-state index is 0.868. The summed E-state index contributed by atoms with van der Waals surface area (Å²) in [5, 5.41) is 0. The van der Waals surface area contributed by atoms with E-state index in [1.54, 1.807) is 0 Å². The third kappa shape index (κ3) is 2.43. The Hall–Kier alpha value is -2.55. The fourth-order valence-electron chi connectivity index (χ4n) is 2.15. The molecule has 0 amide bonds. The summed E-state index contributed by atoms with van der Waals surface area (Å²) >= 11 is 0.